The van der Waals surface area contributed by atoms with Crippen LogP contribution in [0.5, 0.6) is 0 Å². The molecule has 2 rings (SSSR count). The number of H-pyrrole nitrogens is 1. The number of allylic oxidation sites excluding steroid dienone is 1. The number of rotatable bonds is 1. The van der Waals surface area contributed by atoms with Crippen molar-refractivity contribution in [3.8, 4) is 0 Å². The molecule has 0 spiro atoms. The van der Waals surface area contributed by atoms with Crippen LogP contribution in [0.2, 0.25) is 0 Å². The molecule has 0 fully saturated rings. The van der Waals surface area contributed by atoms with Crippen LogP contribution in [-0.4, -0.2) is 4.98 Å². The highest BCUT2D eigenvalue weighted by molar-refractivity contribution is 5.89. The summed E-state index contributed by atoms with van der Waals surface area (Å²) in [5.74, 6) is 0. The Balaban J connectivity index is 2.67. The molecule has 0 aliphatic heterocycles. The molecule has 0 atom stereocenters. The number of fused-ring (bicyclic) bond motifs is 1. The molecule has 0 aliphatic rings. The molecule has 1 aromatic heterocycles. The van der Waals surface area contributed by atoms with Crippen LogP contribution in [-0.2, 0) is 0 Å². The van der Waals surface area contributed by atoms with E-state index >= 15 is 0 Å². The summed E-state index contributed by atoms with van der Waals surface area (Å²) >= 11 is 0. The van der Waals surface area contributed by atoms with Crippen molar-refractivity contribution < 1.29 is 0 Å². The number of benzene rings is 1. The first kappa shape index (κ1) is 8.88. The highest BCUT2D eigenvalue weighted by Crippen LogP contribution is 2.21. The number of nitrogens with one attached hydrogen (secondary N) is 1. The van der Waals surface area contributed by atoms with Crippen LogP contribution < -0.4 is 5.73 Å². The SMILES string of the molecule is C/C(N)=C/c1c[nH]c2ccc(C)cc12. The Kier molecular flexibility index (Phi) is 2.04. The first-order valence-corrected chi connectivity index (χ1v) is 4.68. The normalized spacial score (nSPS) is 12.3. The Bertz CT molecular complexity index is 488. The zero-order valence-corrected chi connectivity index (χ0v) is 8.46. The molecule has 14 heavy (non-hydrogen) atoms. The van der Waals surface area contributed by atoms with E-state index in [2.05, 4.69) is 30.1 Å². The lowest BCUT2D eigenvalue weighted by atomic mass is 10.1. The van der Waals surface area contributed by atoms with E-state index in [0.717, 1.165) is 16.8 Å². The fourth-order valence-corrected chi connectivity index (χ4v) is 1.62. The molecule has 1 aromatic carbocycles. The van der Waals surface area contributed by atoms with E-state index in [1.54, 1.807) is 0 Å². The third-order valence-corrected chi connectivity index (χ3v) is 2.25. The quantitative estimate of drug-likeness (QED) is 0.706. The van der Waals surface area contributed by atoms with Gasteiger partial charge < -0.3 is 10.7 Å². The first-order chi connectivity index (χ1) is 6.66. The standard InChI is InChI=1S/C12H14N2/c1-8-3-4-12-11(5-8)10(7-14-12)6-9(2)13/h3-7,14H,13H2,1-2H3/b9-6-. The fourth-order valence-electron chi connectivity index (χ4n) is 1.62. The minimum atomic E-state index is 0.826. The van der Waals surface area contributed by atoms with Gasteiger partial charge in [0.05, 0.1) is 0 Å². The summed E-state index contributed by atoms with van der Waals surface area (Å²) in [6, 6.07) is 6.36. The number of aromatic amines is 1. The minimum Gasteiger partial charge on any atom is -0.402 e. The van der Waals surface area contributed by atoms with Gasteiger partial charge in [-0.05, 0) is 32.1 Å². The lowest BCUT2D eigenvalue weighted by molar-refractivity contribution is 1.34. The lowest BCUT2D eigenvalue weighted by Gasteiger charge is -1.95. The number of hydrogen-bond acceptors (Lipinski definition) is 1. The van der Waals surface area contributed by atoms with Gasteiger partial charge in [0.15, 0.2) is 0 Å². The molecule has 72 valence electrons. The van der Waals surface area contributed by atoms with E-state index in [0.29, 0.717) is 0 Å². The molecule has 3 N–H and O–H groups in total. The van der Waals surface area contributed by atoms with E-state index in [4.69, 9.17) is 5.73 Å². The van der Waals surface area contributed by atoms with Crippen molar-refractivity contribution in [1.29, 1.82) is 0 Å². The zero-order chi connectivity index (χ0) is 10.1. The summed E-state index contributed by atoms with van der Waals surface area (Å²) in [6.45, 7) is 3.99. The van der Waals surface area contributed by atoms with Gasteiger partial charge in [-0.25, -0.2) is 0 Å². The monoisotopic (exact) mass is 186 g/mol. The molecule has 0 saturated carbocycles. The smallest absolute Gasteiger partial charge is 0.0460 e. The predicted octanol–water partition coefficient (Wildman–Crippen LogP) is 2.80. The van der Waals surface area contributed by atoms with E-state index in [9.17, 15) is 0 Å². The van der Waals surface area contributed by atoms with Gasteiger partial charge in [0.25, 0.3) is 0 Å². The molecule has 2 aromatic rings. The maximum absolute atomic E-state index is 5.66. The van der Waals surface area contributed by atoms with Crippen molar-refractivity contribution in [2.24, 2.45) is 5.73 Å². The number of aryl methyl sites for hydroxylation is 1. The third kappa shape index (κ3) is 1.51. The van der Waals surface area contributed by atoms with E-state index in [-0.39, 0.29) is 0 Å². The van der Waals surface area contributed by atoms with Gasteiger partial charge in [-0.1, -0.05) is 11.6 Å². The second-order valence-corrected chi connectivity index (χ2v) is 3.68. The summed E-state index contributed by atoms with van der Waals surface area (Å²) in [6.07, 6.45) is 3.97. The molecule has 0 unspecified atom stereocenters. The largest absolute Gasteiger partial charge is 0.402 e. The van der Waals surface area contributed by atoms with Gasteiger partial charge in [-0.15, -0.1) is 0 Å². The Hall–Kier alpha value is -1.70. The summed E-state index contributed by atoms with van der Waals surface area (Å²) in [5, 5.41) is 1.23. The van der Waals surface area contributed by atoms with Crippen LogP contribution in [0, 0.1) is 6.92 Å². The number of aromatic nitrogens is 1. The van der Waals surface area contributed by atoms with E-state index in [1.165, 1.54) is 10.9 Å². The van der Waals surface area contributed by atoms with Gasteiger partial charge in [0, 0.05) is 28.4 Å². The Morgan fingerprint density at radius 3 is 2.93 bits per heavy atom. The second kappa shape index (κ2) is 3.22. The highest BCUT2D eigenvalue weighted by atomic mass is 14.7. The molecule has 1 heterocycles. The van der Waals surface area contributed by atoms with Crippen LogP contribution in [0.1, 0.15) is 18.1 Å². The fraction of sp³-hybridized carbons (Fsp3) is 0.167. The molecule has 0 amide bonds. The van der Waals surface area contributed by atoms with Gasteiger partial charge in [0.2, 0.25) is 0 Å². The van der Waals surface area contributed by atoms with Crippen molar-refractivity contribution in [2.45, 2.75) is 13.8 Å². The van der Waals surface area contributed by atoms with Crippen molar-refractivity contribution in [2.75, 3.05) is 0 Å². The third-order valence-electron chi connectivity index (χ3n) is 2.25. The van der Waals surface area contributed by atoms with Crippen molar-refractivity contribution in [3.63, 3.8) is 0 Å². The maximum Gasteiger partial charge on any atom is 0.0460 e. The average molecular weight is 186 g/mol. The molecule has 2 nitrogen and oxygen atoms in total. The Morgan fingerprint density at radius 2 is 2.21 bits per heavy atom. The average Bonchev–Trinajstić information content (AvgIpc) is 2.47. The van der Waals surface area contributed by atoms with Crippen molar-refractivity contribution in [3.05, 3.63) is 41.2 Å². The van der Waals surface area contributed by atoms with Crippen LogP contribution in [0.4, 0.5) is 0 Å². The van der Waals surface area contributed by atoms with Crippen LogP contribution in [0.25, 0.3) is 17.0 Å². The van der Waals surface area contributed by atoms with Crippen molar-refractivity contribution in [1.82, 2.24) is 4.98 Å². The van der Waals surface area contributed by atoms with Gasteiger partial charge in [-0.2, -0.15) is 0 Å². The molecule has 0 saturated heterocycles. The summed E-state index contributed by atoms with van der Waals surface area (Å²) in [5.41, 5.74) is 10.1. The summed E-state index contributed by atoms with van der Waals surface area (Å²) < 4.78 is 0. The van der Waals surface area contributed by atoms with Crippen molar-refractivity contribution >= 4 is 17.0 Å². The first-order valence-electron chi connectivity index (χ1n) is 4.68. The Morgan fingerprint density at radius 1 is 1.43 bits per heavy atom. The molecule has 0 aliphatic carbocycles. The summed E-state index contributed by atoms with van der Waals surface area (Å²) in [4.78, 5) is 3.22. The maximum atomic E-state index is 5.66. The molecule has 2 heteroatoms. The lowest BCUT2D eigenvalue weighted by Crippen LogP contribution is -1.88. The van der Waals surface area contributed by atoms with E-state index < -0.39 is 0 Å². The summed E-state index contributed by atoms with van der Waals surface area (Å²) in [7, 11) is 0. The molecular weight excluding hydrogens is 172 g/mol. The zero-order valence-electron chi connectivity index (χ0n) is 8.46. The number of hydrogen-bond donors (Lipinski definition) is 2. The number of nitrogens with two attached hydrogens (primary N) is 1. The van der Waals surface area contributed by atoms with Crippen LogP contribution in [0.15, 0.2) is 30.1 Å². The molecule has 0 bridgehead atoms. The second-order valence-electron chi connectivity index (χ2n) is 3.68. The molecular formula is C12H14N2. The van der Waals surface area contributed by atoms with Gasteiger partial charge in [-0.3, -0.25) is 0 Å². The predicted molar refractivity (Wildman–Crippen MR) is 60.9 cm³/mol. The van der Waals surface area contributed by atoms with Gasteiger partial charge >= 0.3 is 0 Å². The van der Waals surface area contributed by atoms with Crippen LogP contribution >= 0.6 is 0 Å². The van der Waals surface area contributed by atoms with E-state index in [1.807, 2.05) is 19.2 Å². The van der Waals surface area contributed by atoms with Crippen LogP contribution in [0.3, 0.4) is 0 Å². The topological polar surface area (TPSA) is 41.8 Å². The van der Waals surface area contributed by atoms with Gasteiger partial charge in [0.1, 0.15) is 0 Å². The highest BCUT2D eigenvalue weighted by Gasteiger charge is 2.00. The minimum absolute atomic E-state index is 0.826. The molecule has 0 radical (unpaired) electrons. The Labute approximate surface area is 83.4 Å².